The number of nitrogens with zero attached hydrogens (tertiary/aromatic N) is 2. The predicted molar refractivity (Wildman–Crippen MR) is 95.2 cm³/mol. The topological polar surface area (TPSA) is 83.3 Å². The van der Waals surface area contributed by atoms with E-state index in [1.807, 2.05) is 36.4 Å². The van der Waals surface area contributed by atoms with Gasteiger partial charge in [0, 0.05) is 24.4 Å². The zero-order valence-corrected chi connectivity index (χ0v) is 15.6. The number of carboxylic acids is 1. The molecular weight excluding hydrogens is 428 g/mol. The number of aliphatic hydroxyl groups excluding tert-OH is 1. The molecular formula is C16H18Br2N2O3. The van der Waals surface area contributed by atoms with Gasteiger partial charge in [0.1, 0.15) is 9.21 Å². The van der Waals surface area contributed by atoms with Gasteiger partial charge in [-0.15, -0.1) is 0 Å². The lowest BCUT2D eigenvalue weighted by Crippen LogP contribution is -1.98. The molecule has 2 aromatic heterocycles. The van der Waals surface area contributed by atoms with Crippen LogP contribution in [0.2, 0.25) is 0 Å². The van der Waals surface area contributed by atoms with Crippen molar-refractivity contribution in [1.82, 2.24) is 9.97 Å². The first kappa shape index (κ1) is 19.7. The van der Waals surface area contributed by atoms with E-state index >= 15 is 0 Å². The Morgan fingerprint density at radius 1 is 0.957 bits per heavy atom. The molecule has 2 aromatic rings. The molecule has 0 aliphatic rings. The molecule has 7 heteroatoms. The quantitative estimate of drug-likeness (QED) is 0.663. The van der Waals surface area contributed by atoms with Gasteiger partial charge in [-0.2, -0.15) is 0 Å². The maximum absolute atomic E-state index is 10.2. The van der Waals surface area contributed by atoms with Crippen molar-refractivity contribution in [3.8, 4) is 0 Å². The summed E-state index contributed by atoms with van der Waals surface area (Å²) in [5.41, 5.74) is 1.82. The molecule has 0 saturated heterocycles. The third-order valence-corrected chi connectivity index (χ3v) is 3.61. The highest BCUT2D eigenvalue weighted by atomic mass is 79.9. The third-order valence-electron chi connectivity index (χ3n) is 2.73. The molecule has 5 nitrogen and oxygen atoms in total. The molecule has 0 radical (unpaired) electrons. The van der Waals surface area contributed by atoms with Crippen molar-refractivity contribution >= 4 is 37.8 Å². The minimum absolute atomic E-state index is 0.128. The number of aliphatic carboxylic acids is 1. The summed E-state index contributed by atoms with van der Waals surface area (Å²) in [5, 5.41) is 17.0. The highest BCUT2D eigenvalue weighted by Gasteiger charge is 1.99. The highest BCUT2D eigenvalue weighted by Crippen LogP contribution is 2.08. The van der Waals surface area contributed by atoms with E-state index in [1.165, 1.54) is 0 Å². The first-order valence-electron chi connectivity index (χ1n) is 7.07. The standard InChI is InChI=1S/C8H8BrNO2.C8H10BrNO/c9-7-3-1-2-6(10-7)4-5-8(11)12;9-8-5-1-3-7(10-8)4-2-6-11/h1-3H,4-5H2,(H,11,12);1,3,5,11H,2,4,6H2. The molecule has 0 aliphatic heterocycles. The number of hydrogen-bond donors (Lipinski definition) is 2. The minimum Gasteiger partial charge on any atom is -0.481 e. The predicted octanol–water partition coefficient (Wildman–Crippen LogP) is 3.63. The number of aryl methyl sites for hydroxylation is 2. The Balaban J connectivity index is 0.000000231. The van der Waals surface area contributed by atoms with Crippen LogP contribution < -0.4 is 0 Å². The minimum atomic E-state index is -0.795. The first-order chi connectivity index (χ1) is 11.0. The van der Waals surface area contributed by atoms with Gasteiger partial charge in [-0.05, 0) is 69.0 Å². The van der Waals surface area contributed by atoms with Gasteiger partial charge in [0.2, 0.25) is 0 Å². The van der Waals surface area contributed by atoms with Crippen LogP contribution in [-0.4, -0.2) is 32.8 Å². The number of pyridine rings is 2. The number of aromatic nitrogens is 2. The fraction of sp³-hybridized carbons (Fsp3) is 0.312. The molecule has 124 valence electrons. The van der Waals surface area contributed by atoms with Crippen molar-refractivity contribution in [2.45, 2.75) is 25.7 Å². The summed E-state index contributed by atoms with van der Waals surface area (Å²) in [5.74, 6) is -0.795. The second kappa shape index (κ2) is 11.3. The Morgan fingerprint density at radius 2 is 1.48 bits per heavy atom. The molecule has 2 rings (SSSR count). The van der Waals surface area contributed by atoms with Crippen molar-refractivity contribution in [3.05, 3.63) is 57.0 Å². The van der Waals surface area contributed by atoms with E-state index in [9.17, 15) is 4.79 Å². The molecule has 0 aromatic carbocycles. The van der Waals surface area contributed by atoms with Crippen LogP contribution in [0.5, 0.6) is 0 Å². The molecule has 0 aliphatic carbocycles. The lowest BCUT2D eigenvalue weighted by atomic mass is 10.2. The van der Waals surface area contributed by atoms with Gasteiger partial charge in [0.25, 0.3) is 0 Å². The Hall–Kier alpha value is -1.31. The first-order valence-corrected chi connectivity index (χ1v) is 8.65. The molecule has 0 amide bonds. The average Bonchev–Trinajstić information content (AvgIpc) is 2.52. The number of carboxylic acid groups (broad SMARTS) is 1. The Morgan fingerprint density at radius 3 is 1.91 bits per heavy atom. The number of rotatable bonds is 6. The second-order valence-electron chi connectivity index (χ2n) is 4.62. The van der Waals surface area contributed by atoms with E-state index in [0.717, 1.165) is 33.4 Å². The van der Waals surface area contributed by atoms with E-state index in [4.69, 9.17) is 10.2 Å². The number of aliphatic hydroxyl groups is 1. The normalized spacial score (nSPS) is 9.87. The molecule has 2 heterocycles. The van der Waals surface area contributed by atoms with E-state index in [2.05, 4.69) is 41.8 Å². The zero-order valence-electron chi connectivity index (χ0n) is 12.5. The lowest BCUT2D eigenvalue weighted by Gasteiger charge is -1.97. The largest absolute Gasteiger partial charge is 0.481 e. The Labute approximate surface area is 152 Å². The van der Waals surface area contributed by atoms with Gasteiger partial charge in [-0.25, -0.2) is 9.97 Å². The summed E-state index contributed by atoms with van der Waals surface area (Å²) in [6, 6.07) is 11.3. The summed E-state index contributed by atoms with van der Waals surface area (Å²) >= 11 is 6.49. The zero-order chi connectivity index (χ0) is 17.1. The van der Waals surface area contributed by atoms with Crippen LogP contribution >= 0.6 is 31.9 Å². The van der Waals surface area contributed by atoms with Gasteiger partial charge < -0.3 is 10.2 Å². The van der Waals surface area contributed by atoms with Crippen LogP contribution in [0.15, 0.2) is 45.6 Å². The number of carbonyl (C=O) groups is 1. The van der Waals surface area contributed by atoms with Crippen molar-refractivity contribution < 1.29 is 15.0 Å². The molecule has 0 bridgehead atoms. The maximum atomic E-state index is 10.2. The summed E-state index contributed by atoms with van der Waals surface area (Å²) in [4.78, 5) is 18.5. The van der Waals surface area contributed by atoms with Crippen molar-refractivity contribution in [3.63, 3.8) is 0 Å². The fourth-order valence-corrected chi connectivity index (χ4v) is 2.44. The summed E-state index contributed by atoms with van der Waals surface area (Å²) in [6.45, 7) is 0.230. The van der Waals surface area contributed by atoms with Crippen LogP contribution in [0.25, 0.3) is 0 Å². The van der Waals surface area contributed by atoms with E-state index in [0.29, 0.717) is 6.42 Å². The Bertz CT molecular complexity index is 624. The van der Waals surface area contributed by atoms with E-state index in [1.54, 1.807) is 0 Å². The van der Waals surface area contributed by atoms with Gasteiger partial charge in [-0.1, -0.05) is 12.1 Å². The van der Waals surface area contributed by atoms with E-state index < -0.39 is 5.97 Å². The molecule has 0 fully saturated rings. The maximum Gasteiger partial charge on any atom is 0.303 e. The molecule has 0 unspecified atom stereocenters. The SMILES string of the molecule is O=C(O)CCc1cccc(Br)n1.OCCCc1cccc(Br)n1. The molecule has 0 saturated carbocycles. The van der Waals surface area contributed by atoms with Crippen LogP contribution in [0.1, 0.15) is 24.2 Å². The van der Waals surface area contributed by atoms with Crippen LogP contribution in [0.4, 0.5) is 0 Å². The third kappa shape index (κ3) is 9.43. The van der Waals surface area contributed by atoms with Gasteiger partial charge >= 0.3 is 5.97 Å². The average molecular weight is 446 g/mol. The van der Waals surface area contributed by atoms with Gasteiger partial charge in [-0.3, -0.25) is 4.79 Å². The summed E-state index contributed by atoms with van der Waals surface area (Å²) < 4.78 is 1.60. The fourth-order valence-electron chi connectivity index (χ4n) is 1.67. The van der Waals surface area contributed by atoms with Crippen molar-refractivity contribution in [2.75, 3.05) is 6.61 Å². The van der Waals surface area contributed by atoms with Crippen LogP contribution in [-0.2, 0) is 17.6 Å². The van der Waals surface area contributed by atoms with Crippen LogP contribution in [0, 0.1) is 0 Å². The van der Waals surface area contributed by atoms with Crippen molar-refractivity contribution in [1.29, 1.82) is 0 Å². The van der Waals surface area contributed by atoms with Crippen molar-refractivity contribution in [2.24, 2.45) is 0 Å². The Kier molecular flexibility index (Phi) is 9.66. The van der Waals surface area contributed by atoms with Gasteiger partial charge in [0.05, 0.1) is 6.42 Å². The number of hydrogen-bond acceptors (Lipinski definition) is 4. The number of halogens is 2. The summed E-state index contributed by atoms with van der Waals surface area (Å²) in [7, 11) is 0. The highest BCUT2D eigenvalue weighted by molar-refractivity contribution is 9.10. The monoisotopic (exact) mass is 444 g/mol. The molecule has 0 atom stereocenters. The summed E-state index contributed by atoms with van der Waals surface area (Å²) in [6.07, 6.45) is 2.23. The van der Waals surface area contributed by atoms with E-state index in [-0.39, 0.29) is 13.0 Å². The van der Waals surface area contributed by atoms with Gasteiger partial charge in [0.15, 0.2) is 0 Å². The molecule has 0 spiro atoms. The molecule has 2 N–H and O–H groups in total. The molecule has 23 heavy (non-hydrogen) atoms. The smallest absolute Gasteiger partial charge is 0.303 e. The van der Waals surface area contributed by atoms with Crippen LogP contribution in [0.3, 0.4) is 0 Å². The second-order valence-corrected chi connectivity index (χ2v) is 6.25. The lowest BCUT2D eigenvalue weighted by molar-refractivity contribution is -0.136.